The van der Waals surface area contributed by atoms with Gasteiger partial charge in [0.25, 0.3) is 0 Å². The Morgan fingerprint density at radius 1 is 1.27 bits per heavy atom. The van der Waals surface area contributed by atoms with Gasteiger partial charge in [0.1, 0.15) is 23.1 Å². The lowest BCUT2D eigenvalue weighted by Gasteiger charge is -2.46. The molecule has 0 aromatic heterocycles. The van der Waals surface area contributed by atoms with E-state index in [9.17, 15) is 4.79 Å². The van der Waals surface area contributed by atoms with Crippen LogP contribution < -0.4 is 14.8 Å². The van der Waals surface area contributed by atoms with Crippen LogP contribution in [0, 0.1) is 5.92 Å². The van der Waals surface area contributed by atoms with Crippen LogP contribution in [0.1, 0.15) is 89.7 Å². The van der Waals surface area contributed by atoms with Crippen LogP contribution in [-0.2, 0) is 11.2 Å². The first-order chi connectivity index (χ1) is 14.4. The minimum atomic E-state index is -0.231. The lowest BCUT2D eigenvalue weighted by molar-refractivity contribution is -0.136. The van der Waals surface area contributed by atoms with Crippen molar-refractivity contribution in [2.45, 2.75) is 96.6 Å². The minimum absolute atomic E-state index is 0.154. The zero-order valence-corrected chi connectivity index (χ0v) is 19.1. The van der Waals surface area contributed by atoms with Crippen molar-refractivity contribution in [2.75, 3.05) is 6.54 Å². The second-order valence-corrected chi connectivity index (χ2v) is 9.92. The van der Waals surface area contributed by atoms with Gasteiger partial charge < -0.3 is 14.8 Å². The lowest BCUT2D eigenvalue weighted by atomic mass is 9.68. The second kappa shape index (κ2) is 8.74. The van der Waals surface area contributed by atoms with Crippen LogP contribution in [0.25, 0.3) is 0 Å². The lowest BCUT2D eigenvalue weighted by Crippen LogP contribution is -2.45. The summed E-state index contributed by atoms with van der Waals surface area (Å²) >= 11 is 0. The van der Waals surface area contributed by atoms with Gasteiger partial charge in [-0.25, -0.2) is 4.79 Å². The van der Waals surface area contributed by atoms with E-state index in [1.165, 1.54) is 24.0 Å². The second-order valence-electron chi connectivity index (χ2n) is 9.92. The molecular formula is C26H37NO3. The normalized spacial score (nSPS) is 26.9. The number of hydrogen-bond donors (Lipinski definition) is 1. The number of unbranched alkanes of at least 4 members (excludes halogenated alkanes) is 2. The molecule has 3 atom stereocenters. The summed E-state index contributed by atoms with van der Waals surface area (Å²) in [6.07, 6.45) is 11.0. The third kappa shape index (κ3) is 4.30. The number of allylic oxidation sites excluding steroid dienone is 2. The van der Waals surface area contributed by atoms with Crippen LogP contribution in [0.3, 0.4) is 0 Å². The highest BCUT2D eigenvalue weighted by atomic mass is 16.5. The Labute approximate surface area is 181 Å². The van der Waals surface area contributed by atoms with Crippen LogP contribution in [0.5, 0.6) is 11.5 Å². The highest BCUT2D eigenvalue weighted by molar-refractivity contribution is 5.79. The van der Waals surface area contributed by atoms with E-state index < -0.39 is 0 Å². The first-order valence-electron chi connectivity index (χ1n) is 11.9. The Morgan fingerprint density at radius 2 is 2.10 bits per heavy atom. The number of esters is 1. The van der Waals surface area contributed by atoms with Gasteiger partial charge in [0, 0.05) is 17.4 Å². The van der Waals surface area contributed by atoms with Gasteiger partial charge in [-0.2, -0.15) is 0 Å². The SMILES string of the molecule is CCCCCc1cc(OC(=O)C2CCCN2)c2c(c1)OC(C)(C)[C@@H]1CCC(C)=C[C@@H]21. The number of hydrogen-bond acceptors (Lipinski definition) is 4. The number of benzene rings is 1. The number of carbonyl (C=O) groups excluding carboxylic acids is 1. The van der Waals surface area contributed by atoms with Gasteiger partial charge in [-0.15, -0.1) is 0 Å². The quantitative estimate of drug-likeness (QED) is 0.283. The molecular weight excluding hydrogens is 374 g/mol. The molecule has 1 saturated heterocycles. The molecule has 4 heteroatoms. The fourth-order valence-corrected chi connectivity index (χ4v) is 5.43. The molecule has 1 aromatic rings. The van der Waals surface area contributed by atoms with E-state index in [0.717, 1.165) is 56.4 Å². The molecule has 0 saturated carbocycles. The number of aryl methyl sites for hydroxylation is 1. The zero-order valence-electron chi connectivity index (χ0n) is 19.1. The highest BCUT2D eigenvalue weighted by Crippen LogP contribution is 2.53. The van der Waals surface area contributed by atoms with Crippen molar-refractivity contribution in [3.63, 3.8) is 0 Å². The van der Waals surface area contributed by atoms with Gasteiger partial charge in [-0.1, -0.05) is 31.4 Å². The number of rotatable bonds is 6. The summed E-state index contributed by atoms with van der Waals surface area (Å²) in [4.78, 5) is 12.9. The Bertz CT molecular complexity index is 820. The van der Waals surface area contributed by atoms with Gasteiger partial charge >= 0.3 is 5.97 Å². The zero-order chi connectivity index (χ0) is 21.3. The molecule has 4 nitrogen and oxygen atoms in total. The summed E-state index contributed by atoms with van der Waals surface area (Å²) in [5, 5.41) is 3.27. The van der Waals surface area contributed by atoms with Crippen LogP contribution >= 0.6 is 0 Å². The van der Waals surface area contributed by atoms with Crippen LogP contribution in [0.15, 0.2) is 23.8 Å². The van der Waals surface area contributed by atoms with E-state index in [1.54, 1.807) is 0 Å². The molecule has 1 aromatic carbocycles. The first-order valence-corrected chi connectivity index (χ1v) is 11.9. The third-order valence-electron chi connectivity index (χ3n) is 7.13. The fraction of sp³-hybridized carbons (Fsp3) is 0.654. The standard InChI is InChI=1S/C26H37NO3/c1-5-6-7-9-18-15-22(29-25(28)21-10-8-13-27-21)24-19-14-17(2)11-12-20(19)26(3,4)30-23(24)16-18/h14-16,19-21,27H,5-13H2,1-4H3/t19-,20-,21?/m1/s1. The van der Waals surface area contributed by atoms with Crippen molar-refractivity contribution >= 4 is 5.97 Å². The van der Waals surface area contributed by atoms with E-state index in [4.69, 9.17) is 9.47 Å². The molecule has 0 amide bonds. The van der Waals surface area contributed by atoms with Crippen molar-refractivity contribution in [2.24, 2.45) is 5.92 Å². The molecule has 2 aliphatic heterocycles. The molecule has 1 unspecified atom stereocenters. The predicted molar refractivity (Wildman–Crippen MR) is 120 cm³/mol. The smallest absolute Gasteiger partial charge is 0.328 e. The summed E-state index contributed by atoms with van der Waals surface area (Å²) in [7, 11) is 0. The van der Waals surface area contributed by atoms with Crippen LogP contribution in [0.4, 0.5) is 0 Å². The average molecular weight is 412 g/mol. The molecule has 30 heavy (non-hydrogen) atoms. The summed E-state index contributed by atoms with van der Waals surface area (Å²) in [5.74, 6) is 2.10. The summed E-state index contributed by atoms with van der Waals surface area (Å²) in [5.41, 5.74) is 3.46. The maximum atomic E-state index is 12.9. The van der Waals surface area contributed by atoms with Gasteiger partial charge in [-0.05, 0) is 83.5 Å². The summed E-state index contributed by atoms with van der Waals surface area (Å²) < 4.78 is 12.7. The number of ether oxygens (including phenoxy) is 2. The first kappa shape index (κ1) is 21.4. The third-order valence-corrected chi connectivity index (χ3v) is 7.13. The molecule has 4 rings (SSSR count). The largest absolute Gasteiger partial charge is 0.487 e. The fourth-order valence-electron chi connectivity index (χ4n) is 5.43. The van der Waals surface area contributed by atoms with Gasteiger partial charge in [0.05, 0.1) is 0 Å². The molecule has 3 aliphatic rings. The van der Waals surface area contributed by atoms with Crippen molar-refractivity contribution in [1.82, 2.24) is 5.32 Å². The monoisotopic (exact) mass is 411 g/mol. The number of nitrogens with one attached hydrogen (secondary N) is 1. The van der Waals surface area contributed by atoms with Crippen molar-refractivity contribution in [3.8, 4) is 11.5 Å². The van der Waals surface area contributed by atoms with Crippen LogP contribution in [0.2, 0.25) is 0 Å². The molecule has 1 N–H and O–H groups in total. The minimum Gasteiger partial charge on any atom is -0.487 e. The maximum Gasteiger partial charge on any atom is 0.328 e. The van der Waals surface area contributed by atoms with Gasteiger partial charge in [0.2, 0.25) is 0 Å². The summed E-state index contributed by atoms with van der Waals surface area (Å²) in [6, 6.07) is 4.12. The average Bonchev–Trinajstić information content (AvgIpc) is 3.22. The topological polar surface area (TPSA) is 47.6 Å². The van der Waals surface area contributed by atoms with Crippen LogP contribution in [-0.4, -0.2) is 24.2 Å². The van der Waals surface area contributed by atoms with Crippen molar-refractivity contribution < 1.29 is 14.3 Å². The van der Waals surface area contributed by atoms with E-state index in [1.807, 2.05) is 0 Å². The highest BCUT2D eigenvalue weighted by Gasteiger charge is 2.45. The molecule has 1 aliphatic carbocycles. The summed E-state index contributed by atoms with van der Waals surface area (Å²) in [6.45, 7) is 9.74. The molecule has 0 radical (unpaired) electrons. The molecule has 164 valence electrons. The number of fused-ring (bicyclic) bond motifs is 3. The van der Waals surface area contributed by atoms with Crippen molar-refractivity contribution in [3.05, 3.63) is 34.9 Å². The molecule has 1 fully saturated rings. The van der Waals surface area contributed by atoms with E-state index >= 15 is 0 Å². The molecule has 0 bridgehead atoms. The van der Waals surface area contributed by atoms with Crippen molar-refractivity contribution in [1.29, 1.82) is 0 Å². The predicted octanol–water partition coefficient (Wildman–Crippen LogP) is 5.69. The Balaban J connectivity index is 1.74. The molecule has 2 heterocycles. The molecule has 0 spiro atoms. The van der Waals surface area contributed by atoms with E-state index in [-0.39, 0.29) is 23.5 Å². The van der Waals surface area contributed by atoms with E-state index in [0.29, 0.717) is 11.7 Å². The maximum absolute atomic E-state index is 12.9. The Morgan fingerprint density at radius 3 is 2.83 bits per heavy atom. The van der Waals surface area contributed by atoms with Gasteiger partial charge in [-0.3, -0.25) is 0 Å². The number of carbonyl (C=O) groups is 1. The van der Waals surface area contributed by atoms with E-state index in [2.05, 4.69) is 51.2 Å². The Hall–Kier alpha value is -1.81. The Kier molecular flexibility index (Phi) is 6.24. The van der Waals surface area contributed by atoms with Gasteiger partial charge in [0.15, 0.2) is 0 Å².